The molecule has 1 aliphatic heterocycles. The second-order valence-corrected chi connectivity index (χ2v) is 5.01. The zero-order valence-electron chi connectivity index (χ0n) is 12.1. The summed E-state index contributed by atoms with van der Waals surface area (Å²) in [6.45, 7) is 3.32. The highest BCUT2D eigenvalue weighted by molar-refractivity contribution is 5.77. The Hall–Kier alpha value is -2.38. The average Bonchev–Trinajstić information content (AvgIpc) is 2.48. The molecule has 1 fully saturated rings. The minimum atomic E-state index is -0.516. The number of amides is 2. The molecule has 21 heavy (non-hydrogen) atoms. The Morgan fingerprint density at radius 3 is 2.24 bits per heavy atom. The highest BCUT2D eigenvalue weighted by Crippen LogP contribution is 2.03. The Bertz CT molecular complexity index is 667. The molecular weight excluding hydrogens is 276 g/mol. The van der Waals surface area contributed by atoms with Gasteiger partial charge in [-0.1, -0.05) is 0 Å². The summed E-state index contributed by atoms with van der Waals surface area (Å²) >= 11 is 0. The Balaban J connectivity index is 2.03. The molecule has 1 aromatic rings. The number of piperazine rings is 1. The number of rotatable bonds is 2. The summed E-state index contributed by atoms with van der Waals surface area (Å²) in [6.07, 6.45) is 1.33. The maximum absolute atomic E-state index is 12.2. The van der Waals surface area contributed by atoms with E-state index in [1.807, 2.05) is 0 Å². The van der Waals surface area contributed by atoms with E-state index >= 15 is 0 Å². The van der Waals surface area contributed by atoms with Gasteiger partial charge in [-0.3, -0.25) is 23.5 Å². The molecule has 0 bridgehead atoms. The van der Waals surface area contributed by atoms with E-state index in [0.717, 1.165) is 4.57 Å². The van der Waals surface area contributed by atoms with E-state index in [0.29, 0.717) is 26.2 Å². The zero-order chi connectivity index (χ0) is 15.6. The molecule has 0 aliphatic carbocycles. The lowest BCUT2D eigenvalue weighted by molar-refractivity contribution is -0.138. The summed E-state index contributed by atoms with van der Waals surface area (Å²) in [7, 11) is 1.37. The molecule has 8 nitrogen and oxygen atoms in total. The quantitative estimate of drug-likeness (QED) is 0.646. The Kier molecular flexibility index (Phi) is 4.25. The lowest BCUT2D eigenvalue weighted by Gasteiger charge is -2.34. The number of carbonyl (C=O) groups is 2. The van der Waals surface area contributed by atoms with Crippen molar-refractivity contribution in [3.05, 3.63) is 33.1 Å². The molecule has 0 atom stereocenters. The van der Waals surface area contributed by atoms with Crippen molar-refractivity contribution in [1.29, 1.82) is 0 Å². The van der Waals surface area contributed by atoms with Gasteiger partial charge in [-0.25, -0.2) is 4.79 Å². The summed E-state index contributed by atoms with van der Waals surface area (Å²) in [5.74, 6) is -0.199. The number of hydrogen-bond donors (Lipinski definition) is 0. The SMILES string of the molecule is CC(=O)N1CCN(C(=O)Cn2ccc(=O)n(C)c2=O)CC1. The summed E-state index contributed by atoms with van der Waals surface area (Å²) in [6, 6.07) is 1.25. The van der Waals surface area contributed by atoms with Crippen molar-refractivity contribution >= 4 is 11.8 Å². The van der Waals surface area contributed by atoms with Crippen LogP contribution in [0, 0.1) is 0 Å². The standard InChI is InChI=1S/C13H18N4O4/c1-10(18)15-5-7-16(8-6-15)12(20)9-17-4-3-11(19)14(2)13(17)21/h3-4H,5-9H2,1-2H3. The van der Waals surface area contributed by atoms with E-state index in [2.05, 4.69) is 0 Å². The minimum Gasteiger partial charge on any atom is -0.339 e. The molecule has 1 saturated heterocycles. The van der Waals surface area contributed by atoms with Crippen LogP contribution in [0.4, 0.5) is 0 Å². The first kappa shape index (κ1) is 15.0. The van der Waals surface area contributed by atoms with Gasteiger partial charge in [0, 0.05) is 52.4 Å². The van der Waals surface area contributed by atoms with Crippen LogP contribution in [-0.2, 0) is 23.2 Å². The largest absolute Gasteiger partial charge is 0.339 e. The fourth-order valence-electron chi connectivity index (χ4n) is 2.25. The molecular formula is C13H18N4O4. The number of hydrogen-bond acceptors (Lipinski definition) is 4. The van der Waals surface area contributed by atoms with Gasteiger partial charge in [-0.2, -0.15) is 0 Å². The molecule has 0 unspecified atom stereocenters. The van der Waals surface area contributed by atoms with Gasteiger partial charge in [0.05, 0.1) is 0 Å². The Morgan fingerprint density at radius 1 is 1.10 bits per heavy atom. The van der Waals surface area contributed by atoms with E-state index in [1.165, 1.54) is 30.8 Å². The first-order valence-electron chi connectivity index (χ1n) is 6.70. The number of aromatic nitrogens is 2. The third-order valence-electron chi connectivity index (χ3n) is 3.64. The van der Waals surface area contributed by atoms with E-state index in [1.54, 1.807) is 9.80 Å². The third kappa shape index (κ3) is 3.21. The van der Waals surface area contributed by atoms with Gasteiger partial charge in [0.15, 0.2) is 0 Å². The van der Waals surface area contributed by atoms with Gasteiger partial charge in [0.1, 0.15) is 6.54 Å². The van der Waals surface area contributed by atoms with E-state index < -0.39 is 11.2 Å². The molecule has 0 saturated carbocycles. The van der Waals surface area contributed by atoms with Crippen molar-refractivity contribution < 1.29 is 9.59 Å². The van der Waals surface area contributed by atoms with Crippen LogP contribution in [0.5, 0.6) is 0 Å². The van der Waals surface area contributed by atoms with Crippen molar-refractivity contribution in [3.63, 3.8) is 0 Å². The van der Waals surface area contributed by atoms with Crippen LogP contribution >= 0.6 is 0 Å². The monoisotopic (exact) mass is 294 g/mol. The molecule has 0 N–H and O–H groups in total. The third-order valence-corrected chi connectivity index (χ3v) is 3.64. The lowest BCUT2D eigenvalue weighted by atomic mass is 10.3. The molecule has 114 valence electrons. The smallest absolute Gasteiger partial charge is 0.331 e. The van der Waals surface area contributed by atoms with Gasteiger partial charge in [-0.05, 0) is 0 Å². The molecule has 1 aliphatic rings. The molecule has 1 aromatic heterocycles. The molecule has 2 amide bonds. The number of carbonyl (C=O) groups excluding carboxylic acids is 2. The molecule has 2 rings (SSSR count). The fourth-order valence-corrected chi connectivity index (χ4v) is 2.25. The van der Waals surface area contributed by atoms with Crippen molar-refractivity contribution in [2.75, 3.05) is 26.2 Å². The van der Waals surface area contributed by atoms with Crippen molar-refractivity contribution in [1.82, 2.24) is 18.9 Å². The van der Waals surface area contributed by atoms with E-state index in [4.69, 9.17) is 0 Å². The lowest BCUT2D eigenvalue weighted by Crippen LogP contribution is -2.51. The number of nitrogens with zero attached hydrogens (tertiary/aromatic N) is 4. The van der Waals surface area contributed by atoms with Crippen molar-refractivity contribution in [2.24, 2.45) is 7.05 Å². The molecule has 2 heterocycles. The molecule has 0 aromatic carbocycles. The van der Waals surface area contributed by atoms with Crippen LogP contribution < -0.4 is 11.2 Å². The normalized spacial score (nSPS) is 15.1. The van der Waals surface area contributed by atoms with Gasteiger partial charge in [0.2, 0.25) is 11.8 Å². The molecule has 0 radical (unpaired) electrons. The summed E-state index contributed by atoms with van der Waals surface area (Å²) in [5, 5.41) is 0. The van der Waals surface area contributed by atoms with Crippen LogP contribution in [0.3, 0.4) is 0 Å². The second kappa shape index (κ2) is 5.94. The predicted octanol–water partition coefficient (Wildman–Crippen LogP) is -1.76. The molecule has 8 heteroatoms. The second-order valence-electron chi connectivity index (χ2n) is 5.01. The summed E-state index contributed by atoms with van der Waals surface area (Å²) in [4.78, 5) is 49.8. The zero-order valence-corrected chi connectivity index (χ0v) is 12.1. The first-order valence-corrected chi connectivity index (χ1v) is 6.70. The fraction of sp³-hybridized carbons (Fsp3) is 0.538. The van der Waals surface area contributed by atoms with Crippen LogP contribution in [0.1, 0.15) is 6.92 Å². The minimum absolute atomic E-state index is 0.00335. The van der Waals surface area contributed by atoms with Crippen molar-refractivity contribution in [3.8, 4) is 0 Å². The van der Waals surface area contributed by atoms with Gasteiger partial charge in [0.25, 0.3) is 5.56 Å². The maximum atomic E-state index is 12.2. The average molecular weight is 294 g/mol. The van der Waals surface area contributed by atoms with Crippen LogP contribution in [-0.4, -0.2) is 56.9 Å². The predicted molar refractivity (Wildman–Crippen MR) is 74.8 cm³/mol. The van der Waals surface area contributed by atoms with E-state index in [9.17, 15) is 19.2 Å². The summed E-state index contributed by atoms with van der Waals surface area (Å²) < 4.78 is 2.17. The molecule has 0 spiro atoms. The van der Waals surface area contributed by atoms with Crippen LogP contribution in [0.2, 0.25) is 0 Å². The Morgan fingerprint density at radius 2 is 1.67 bits per heavy atom. The van der Waals surface area contributed by atoms with E-state index in [-0.39, 0.29) is 18.4 Å². The topological polar surface area (TPSA) is 84.6 Å². The summed E-state index contributed by atoms with van der Waals surface area (Å²) in [5.41, 5.74) is -0.919. The van der Waals surface area contributed by atoms with Gasteiger partial charge < -0.3 is 9.80 Å². The Labute approximate surface area is 121 Å². The first-order chi connectivity index (χ1) is 9.90. The maximum Gasteiger partial charge on any atom is 0.331 e. The van der Waals surface area contributed by atoms with Gasteiger partial charge >= 0.3 is 5.69 Å². The van der Waals surface area contributed by atoms with Crippen LogP contribution in [0.15, 0.2) is 21.9 Å². The van der Waals surface area contributed by atoms with Crippen LogP contribution in [0.25, 0.3) is 0 Å². The highest BCUT2D eigenvalue weighted by Gasteiger charge is 2.22. The van der Waals surface area contributed by atoms with Crippen molar-refractivity contribution in [2.45, 2.75) is 13.5 Å². The highest BCUT2D eigenvalue weighted by atomic mass is 16.2. The van der Waals surface area contributed by atoms with Gasteiger partial charge in [-0.15, -0.1) is 0 Å².